The lowest BCUT2D eigenvalue weighted by atomic mass is 9.52. The molecule has 13 nitrogen and oxygen atoms in total. The molecule has 0 radical (unpaired) electrons. The standard InChI is InChI=1S/C30H39N5O8/c1-33(2)13-19(36)32-18-8-7-15-11-16-12-17-23(34(3)4)26(39)22(29(42)31-14-35-9-5-6-10-35)28(41)30(17,43)27(40)21(16)25(38)20(15)24(18)37/h7-8,16-17,21-23,37,43H,5-6,9-14H2,1-4H3,(H,31,42)(H,32,36)/t16?,17?,21?,22?,23-,30-/m0/s1. The van der Waals surface area contributed by atoms with E-state index in [4.69, 9.17) is 0 Å². The van der Waals surface area contributed by atoms with Crippen LogP contribution in [0.15, 0.2) is 12.1 Å². The van der Waals surface area contributed by atoms with Crippen LogP contribution in [-0.4, -0.2) is 126 Å². The molecule has 0 spiro atoms. The van der Waals surface area contributed by atoms with Gasteiger partial charge in [-0.05, 0) is 84.5 Å². The van der Waals surface area contributed by atoms with Gasteiger partial charge in [-0.2, -0.15) is 0 Å². The van der Waals surface area contributed by atoms with E-state index in [1.54, 1.807) is 39.2 Å². The van der Waals surface area contributed by atoms with Crippen molar-refractivity contribution in [3.05, 3.63) is 23.3 Å². The van der Waals surface area contributed by atoms with Gasteiger partial charge in [-0.1, -0.05) is 6.07 Å². The number of amides is 2. The van der Waals surface area contributed by atoms with Gasteiger partial charge in [-0.15, -0.1) is 0 Å². The number of phenols is 1. The minimum Gasteiger partial charge on any atom is -0.505 e. The van der Waals surface area contributed by atoms with Crippen LogP contribution in [0.1, 0.15) is 35.2 Å². The first-order valence-electron chi connectivity index (χ1n) is 14.6. The number of nitrogens with one attached hydrogen (secondary N) is 2. The number of hydrogen-bond donors (Lipinski definition) is 4. The summed E-state index contributed by atoms with van der Waals surface area (Å²) in [7, 11) is 6.57. The summed E-state index contributed by atoms with van der Waals surface area (Å²) in [6.07, 6.45) is 2.11. The molecule has 3 fully saturated rings. The van der Waals surface area contributed by atoms with Crippen LogP contribution in [0.3, 0.4) is 0 Å². The Labute approximate surface area is 249 Å². The lowest BCUT2D eigenvalue weighted by Crippen LogP contribution is -2.74. The van der Waals surface area contributed by atoms with E-state index in [9.17, 15) is 39.0 Å². The highest BCUT2D eigenvalue weighted by molar-refractivity contribution is 6.32. The summed E-state index contributed by atoms with van der Waals surface area (Å²) >= 11 is 0. The Morgan fingerprint density at radius 1 is 1.05 bits per heavy atom. The number of anilines is 1. The van der Waals surface area contributed by atoms with Crippen LogP contribution < -0.4 is 10.6 Å². The minimum absolute atomic E-state index is 0.000930. The minimum atomic E-state index is -2.75. The van der Waals surface area contributed by atoms with Crippen LogP contribution in [0.4, 0.5) is 5.69 Å². The monoisotopic (exact) mass is 597 g/mol. The summed E-state index contributed by atoms with van der Waals surface area (Å²) in [6.45, 7) is 1.68. The number of carbonyl (C=O) groups excluding carboxylic acids is 6. The van der Waals surface area contributed by atoms with Gasteiger partial charge in [0.25, 0.3) is 0 Å². The van der Waals surface area contributed by atoms with E-state index >= 15 is 0 Å². The summed E-state index contributed by atoms with van der Waals surface area (Å²) in [5, 5.41) is 28.2. The van der Waals surface area contributed by atoms with Crippen LogP contribution >= 0.6 is 0 Å². The maximum Gasteiger partial charge on any atom is 0.239 e. The summed E-state index contributed by atoms with van der Waals surface area (Å²) in [5.74, 6) is -10.7. The topological polar surface area (TPSA) is 177 Å². The molecule has 1 aromatic carbocycles. The molecule has 5 rings (SSSR count). The van der Waals surface area contributed by atoms with Gasteiger partial charge in [0, 0.05) is 5.92 Å². The van der Waals surface area contributed by atoms with Crippen molar-refractivity contribution in [1.82, 2.24) is 20.0 Å². The number of aliphatic hydroxyl groups is 1. The smallest absolute Gasteiger partial charge is 0.239 e. The molecule has 4 aliphatic rings. The van der Waals surface area contributed by atoms with E-state index in [-0.39, 0.29) is 37.3 Å². The molecule has 6 atom stereocenters. The molecule has 2 saturated carbocycles. The van der Waals surface area contributed by atoms with Crippen molar-refractivity contribution in [2.24, 2.45) is 23.7 Å². The molecule has 0 bridgehead atoms. The van der Waals surface area contributed by atoms with E-state index in [0.717, 1.165) is 25.9 Å². The van der Waals surface area contributed by atoms with Gasteiger partial charge in [0.2, 0.25) is 11.8 Å². The van der Waals surface area contributed by atoms with Gasteiger partial charge in [0.1, 0.15) is 5.75 Å². The van der Waals surface area contributed by atoms with Crippen molar-refractivity contribution >= 4 is 40.6 Å². The number of benzene rings is 1. The number of likely N-dealkylation sites (tertiary alicyclic amines) is 1. The summed E-state index contributed by atoms with van der Waals surface area (Å²) < 4.78 is 0. The van der Waals surface area contributed by atoms with Crippen LogP contribution in [0, 0.1) is 23.7 Å². The van der Waals surface area contributed by atoms with Gasteiger partial charge in [0.05, 0.1) is 36.4 Å². The summed E-state index contributed by atoms with van der Waals surface area (Å²) in [5.41, 5.74) is -2.44. The SMILES string of the molecule is CN(C)CC(=O)Nc1ccc2c(c1O)C(=O)C1C(=O)[C@]3(O)C(=O)C(C(=O)NCN4CCCC4)C(=O)[C@@H](N(C)C)C3CC1C2. The first-order chi connectivity index (χ1) is 20.3. The molecule has 2 amide bonds. The highest BCUT2D eigenvalue weighted by atomic mass is 16.3. The molecule has 0 aromatic heterocycles. The third kappa shape index (κ3) is 5.17. The summed E-state index contributed by atoms with van der Waals surface area (Å²) in [6, 6.07) is 1.97. The van der Waals surface area contributed by atoms with Crippen LogP contribution in [0.2, 0.25) is 0 Å². The number of fused-ring (bicyclic) bond motifs is 3. The predicted molar refractivity (Wildman–Crippen MR) is 153 cm³/mol. The zero-order valence-electron chi connectivity index (χ0n) is 24.9. The first kappa shape index (κ1) is 30.9. The zero-order valence-corrected chi connectivity index (χ0v) is 24.9. The number of Topliss-reactive ketones (excluding diaryl/α,β-unsaturated/α-hetero) is 4. The van der Waals surface area contributed by atoms with Gasteiger partial charge in [0.15, 0.2) is 34.7 Å². The predicted octanol–water partition coefficient (Wildman–Crippen LogP) is -0.949. The molecule has 4 unspecified atom stereocenters. The Bertz CT molecular complexity index is 1390. The lowest BCUT2D eigenvalue weighted by Gasteiger charge is -2.52. The third-order valence-electron chi connectivity index (χ3n) is 9.32. The zero-order chi connectivity index (χ0) is 31.4. The van der Waals surface area contributed by atoms with Crippen molar-refractivity contribution in [2.45, 2.75) is 37.3 Å². The Morgan fingerprint density at radius 2 is 1.72 bits per heavy atom. The molecular weight excluding hydrogens is 558 g/mol. The number of ketones is 4. The second kappa shape index (κ2) is 11.5. The Kier molecular flexibility index (Phi) is 8.29. The Hall–Kier alpha value is -3.52. The fraction of sp³-hybridized carbons (Fsp3) is 0.600. The van der Waals surface area contributed by atoms with Crippen molar-refractivity contribution < 1.29 is 39.0 Å². The second-order valence-electron chi connectivity index (χ2n) is 12.7. The van der Waals surface area contributed by atoms with E-state index in [2.05, 4.69) is 10.6 Å². The van der Waals surface area contributed by atoms with Crippen LogP contribution in [0.5, 0.6) is 5.75 Å². The molecule has 1 heterocycles. The second-order valence-corrected chi connectivity index (χ2v) is 12.7. The third-order valence-corrected chi connectivity index (χ3v) is 9.32. The van der Waals surface area contributed by atoms with Crippen molar-refractivity contribution in [3.63, 3.8) is 0 Å². The molecule has 1 aliphatic heterocycles. The first-order valence-corrected chi connectivity index (χ1v) is 14.6. The van der Waals surface area contributed by atoms with Crippen molar-refractivity contribution in [1.29, 1.82) is 0 Å². The van der Waals surface area contributed by atoms with Gasteiger partial charge in [-0.3, -0.25) is 38.6 Å². The summed E-state index contributed by atoms with van der Waals surface area (Å²) in [4.78, 5) is 86.2. The van der Waals surface area contributed by atoms with E-state index < -0.39 is 76.0 Å². The number of phenolic OH excluding ortho intramolecular Hbond substituents is 1. The number of aromatic hydroxyl groups is 1. The molecule has 1 saturated heterocycles. The normalized spacial score (nSPS) is 30.7. The lowest BCUT2D eigenvalue weighted by molar-refractivity contribution is -0.181. The molecule has 13 heteroatoms. The Morgan fingerprint density at radius 3 is 2.35 bits per heavy atom. The maximum atomic E-state index is 14.1. The molecule has 4 N–H and O–H groups in total. The maximum absolute atomic E-state index is 14.1. The number of carbonyl (C=O) groups is 6. The molecule has 3 aliphatic carbocycles. The van der Waals surface area contributed by atoms with Crippen LogP contribution in [-0.2, 0) is 30.4 Å². The number of hydrogen-bond acceptors (Lipinski definition) is 11. The van der Waals surface area contributed by atoms with Gasteiger partial charge >= 0.3 is 0 Å². The van der Waals surface area contributed by atoms with Gasteiger partial charge in [-0.25, -0.2) is 0 Å². The molecule has 43 heavy (non-hydrogen) atoms. The van der Waals surface area contributed by atoms with E-state index in [0.29, 0.717) is 5.56 Å². The average molecular weight is 598 g/mol. The van der Waals surface area contributed by atoms with Crippen LogP contribution in [0.25, 0.3) is 0 Å². The largest absolute Gasteiger partial charge is 0.505 e. The number of rotatable bonds is 7. The van der Waals surface area contributed by atoms with Crippen molar-refractivity contribution in [3.8, 4) is 5.75 Å². The van der Waals surface area contributed by atoms with Gasteiger partial charge < -0.3 is 25.7 Å². The molecular formula is C30H39N5O8. The molecule has 1 aromatic rings. The Balaban J connectivity index is 1.48. The quantitative estimate of drug-likeness (QED) is 0.225. The fourth-order valence-electron chi connectivity index (χ4n) is 7.37. The van der Waals surface area contributed by atoms with E-state index in [1.165, 1.54) is 11.0 Å². The number of likely N-dealkylation sites (N-methyl/N-ethyl adjacent to an activating group) is 2. The fourth-order valence-corrected chi connectivity index (χ4v) is 7.37. The van der Waals surface area contributed by atoms with Crippen molar-refractivity contribution in [2.75, 3.05) is 59.8 Å². The van der Waals surface area contributed by atoms with E-state index in [1.807, 2.05) is 4.90 Å². The molecule has 232 valence electrons. The highest BCUT2D eigenvalue weighted by Crippen LogP contribution is 2.51. The number of nitrogens with zero attached hydrogens (tertiary/aromatic N) is 3. The highest BCUT2D eigenvalue weighted by Gasteiger charge is 2.69. The average Bonchev–Trinajstić information content (AvgIpc) is 3.44.